The highest BCUT2D eigenvalue weighted by atomic mass is 35.5. The lowest BCUT2D eigenvalue weighted by Crippen LogP contribution is -2.12. The highest BCUT2D eigenvalue weighted by Gasteiger charge is 2.10. The number of hydrogen-bond acceptors (Lipinski definition) is 1. The third-order valence-electron chi connectivity index (χ3n) is 2.61. The Morgan fingerprint density at radius 3 is 2.58 bits per heavy atom. The molecule has 0 heterocycles. The van der Waals surface area contributed by atoms with E-state index in [1.807, 2.05) is 0 Å². The van der Waals surface area contributed by atoms with Gasteiger partial charge in [-0.3, -0.25) is 4.79 Å². The lowest BCUT2D eigenvalue weighted by molar-refractivity contribution is 0.102. The molecule has 0 saturated heterocycles. The van der Waals surface area contributed by atoms with E-state index in [1.54, 1.807) is 31.2 Å². The third-order valence-corrected chi connectivity index (χ3v) is 3.18. The van der Waals surface area contributed by atoms with Crippen LogP contribution < -0.4 is 5.32 Å². The van der Waals surface area contributed by atoms with Crippen molar-refractivity contribution in [2.45, 2.75) is 6.92 Å². The Morgan fingerprint density at radius 1 is 1.16 bits per heavy atom. The minimum absolute atomic E-state index is 0.221. The van der Waals surface area contributed by atoms with Gasteiger partial charge >= 0.3 is 0 Å². The van der Waals surface area contributed by atoms with Crippen LogP contribution >= 0.6 is 23.2 Å². The van der Waals surface area contributed by atoms with Crippen molar-refractivity contribution in [2.75, 3.05) is 5.32 Å². The lowest BCUT2D eigenvalue weighted by Gasteiger charge is -2.08. The van der Waals surface area contributed by atoms with Crippen LogP contribution in [0.3, 0.4) is 0 Å². The van der Waals surface area contributed by atoms with Gasteiger partial charge in [-0.2, -0.15) is 0 Å². The van der Waals surface area contributed by atoms with Gasteiger partial charge in [-0.1, -0.05) is 29.3 Å². The molecule has 1 N–H and O–H groups in total. The van der Waals surface area contributed by atoms with Crippen molar-refractivity contribution in [2.24, 2.45) is 0 Å². The van der Waals surface area contributed by atoms with Crippen LogP contribution in [0.2, 0.25) is 10.0 Å². The van der Waals surface area contributed by atoms with Gasteiger partial charge in [-0.25, -0.2) is 4.39 Å². The number of rotatable bonds is 2. The fourth-order valence-electron chi connectivity index (χ4n) is 1.52. The molecular formula is C14H10Cl2FNO. The molecule has 0 unspecified atom stereocenters. The van der Waals surface area contributed by atoms with Gasteiger partial charge in [-0.05, 0) is 42.8 Å². The van der Waals surface area contributed by atoms with E-state index in [0.29, 0.717) is 21.3 Å². The van der Waals surface area contributed by atoms with Crippen LogP contribution in [0, 0.1) is 12.7 Å². The van der Waals surface area contributed by atoms with Crippen LogP contribution in [-0.4, -0.2) is 5.91 Å². The SMILES string of the molecule is Cc1ccc(C(=O)Nc2cc(Cl)ccc2Cl)cc1F. The molecule has 2 aromatic carbocycles. The van der Waals surface area contributed by atoms with Crippen molar-refractivity contribution in [1.29, 1.82) is 0 Å². The van der Waals surface area contributed by atoms with Crippen molar-refractivity contribution in [1.82, 2.24) is 0 Å². The monoisotopic (exact) mass is 297 g/mol. The summed E-state index contributed by atoms with van der Waals surface area (Å²) < 4.78 is 13.4. The number of halogens is 3. The summed E-state index contributed by atoms with van der Waals surface area (Å²) >= 11 is 11.8. The van der Waals surface area contributed by atoms with Crippen molar-refractivity contribution < 1.29 is 9.18 Å². The summed E-state index contributed by atoms with van der Waals surface area (Å²) in [6.45, 7) is 1.63. The zero-order chi connectivity index (χ0) is 14.0. The van der Waals surface area contributed by atoms with E-state index in [0.717, 1.165) is 0 Å². The summed E-state index contributed by atoms with van der Waals surface area (Å²) in [5.74, 6) is -0.868. The van der Waals surface area contributed by atoms with E-state index in [4.69, 9.17) is 23.2 Å². The Bertz CT molecular complexity index is 643. The topological polar surface area (TPSA) is 29.1 Å². The fourth-order valence-corrected chi connectivity index (χ4v) is 1.86. The van der Waals surface area contributed by atoms with Crippen LogP contribution in [0.25, 0.3) is 0 Å². The Labute approximate surface area is 120 Å². The molecule has 98 valence electrons. The molecule has 0 aromatic heterocycles. The molecular weight excluding hydrogens is 288 g/mol. The third kappa shape index (κ3) is 3.25. The number of carbonyl (C=O) groups is 1. The molecule has 5 heteroatoms. The molecule has 2 nitrogen and oxygen atoms in total. The molecule has 0 spiro atoms. The van der Waals surface area contributed by atoms with Crippen LogP contribution in [0.4, 0.5) is 10.1 Å². The van der Waals surface area contributed by atoms with Gasteiger partial charge in [0, 0.05) is 10.6 Å². The zero-order valence-electron chi connectivity index (χ0n) is 10.0. The number of aryl methyl sites for hydroxylation is 1. The molecule has 0 fully saturated rings. The summed E-state index contributed by atoms with van der Waals surface area (Å²) in [5.41, 5.74) is 1.09. The van der Waals surface area contributed by atoms with Crippen LogP contribution in [0.1, 0.15) is 15.9 Å². The lowest BCUT2D eigenvalue weighted by atomic mass is 10.1. The number of hydrogen-bond donors (Lipinski definition) is 1. The predicted octanol–water partition coefficient (Wildman–Crippen LogP) is 4.69. The fraction of sp³-hybridized carbons (Fsp3) is 0.0714. The maximum atomic E-state index is 13.4. The Morgan fingerprint density at radius 2 is 1.89 bits per heavy atom. The molecule has 0 radical (unpaired) electrons. The number of amides is 1. The van der Waals surface area contributed by atoms with E-state index in [1.165, 1.54) is 12.1 Å². The Balaban J connectivity index is 2.25. The summed E-state index contributed by atoms with van der Waals surface area (Å²) in [6, 6.07) is 9.01. The maximum Gasteiger partial charge on any atom is 0.255 e. The number of anilines is 1. The van der Waals surface area contributed by atoms with Gasteiger partial charge in [0.2, 0.25) is 0 Å². The van der Waals surface area contributed by atoms with Crippen molar-refractivity contribution in [3.63, 3.8) is 0 Å². The van der Waals surface area contributed by atoms with Crippen molar-refractivity contribution in [3.05, 3.63) is 63.4 Å². The molecule has 0 aliphatic carbocycles. The van der Waals surface area contributed by atoms with E-state index in [2.05, 4.69) is 5.32 Å². The van der Waals surface area contributed by atoms with Gasteiger partial charge in [0.1, 0.15) is 5.82 Å². The number of benzene rings is 2. The van der Waals surface area contributed by atoms with Crippen LogP contribution in [-0.2, 0) is 0 Å². The Kier molecular flexibility index (Phi) is 4.08. The first-order valence-electron chi connectivity index (χ1n) is 5.50. The largest absolute Gasteiger partial charge is 0.321 e. The highest BCUT2D eigenvalue weighted by Crippen LogP contribution is 2.26. The number of carbonyl (C=O) groups excluding carboxylic acids is 1. The minimum atomic E-state index is -0.442. The first-order chi connectivity index (χ1) is 8.97. The molecule has 0 aliphatic heterocycles. The van der Waals surface area contributed by atoms with E-state index in [-0.39, 0.29) is 5.56 Å². The molecule has 0 bridgehead atoms. The second-order valence-electron chi connectivity index (χ2n) is 4.04. The highest BCUT2D eigenvalue weighted by molar-refractivity contribution is 6.35. The van der Waals surface area contributed by atoms with Gasteiger partial charge in [-0.15, -0.1) is 0 Å². The summed E-state index contributed by atoms with van der Waals surface area (Å²) in [4.78, 5) is 12.0. The quantitative estimate of drug-likeness (QED) is 0.856. The average molecular weight is 298 g/mol. The average Bonchev–Trinajstić information content (AvgIpc) is 2.37. The van der Waals surface area contributed by atoms with Crippen LogP contribution in [0.5, 0.6) is 0 Å². The van der Waals surface area contributed by atoms with Crippen LogP contribution in [0.15, 0.2) is 36.4 Å². The summed E-state index contributed by atoms with van der Waals surface area (Å²) in [6.07, 6.45) is 0. The second-order valence-corrected chi connectivity index (χ2v) is 4.89. The van der Waals surface area contributed by atoms with E-state index in [9.17, 15) is 9.18 Å². The van der Waals surface area contributed by atoms with E-state index >= 15 is 0 Å². The summed E-state index contributed by atoms with van der Waals surface area (Å²) in [5, 5.41) is 3.41. The smallest absolute Gasteiger partial charge is 0.255 e. The van der Waals surface area contributed by atoms with Crippen molar-refractivity contribution in [3.8, 4) is 0 Å². The van der Waals surface area contributed by atoms with Gasteiger partial charge in [0.15, 0.2) is 0 Å². The first-order valence-corrected chi connectivity index (χ1v) is 6.25. The maximum absolute atomic E-state index is 13.4. The van der Waals surface area contributed by atoms with Gasteiger partial charge < -0.3 is 5.32 Å². The van der Waals surface area contributed by atoms with Gasteiger partial charge in [0.05, 0.1) is 10.7 Å². The molecule has 2 rings (SSSR count). The molecule has 2 aromatic rings. The zero-order valence-corrected chi connectivity index (χ0v) is 11.5. The number of nitrogens with one attached hydrogen (secondary N) is 1. The molecule has 1 amide bonds. The Hall–Kier alpha value is -1.58. The van der Waals surface area contributed by atoms with Gasteiger partial charge in [0.25, 0.3) is 5.91 Å². The second kappa shape index (κ2) is 5.59. The normalized spacial score (nSPS) is 10.3. The summed E-state index contributed by atoms with van der Waals surface area (Å²) in [7, 11) is 0. The van der Waals surface area contributed by atoms with Crippen molar-refractivity contribution >= 4 is 34.8 Å². The minimum Gasteiger partial charge on any atom is -0.321 e. The molecule has 19 heavy (non-hydrogen) atoms. The molecule has 0 atom stereocenters. The van der Waals surface area contributed by atoms with E-state index < -0.39 is 11.7 Å². The predicted molar refractivity (Wildman–Crippen MR) is 75.6 cm³/mol. The molecule has 0 saturated carbocycles. The standard InChI is InChI=1S/C14H10Cl2FNO/c1-8-2-3-9(6-12(8)17)14(19)18-13-7-10(15)4-5-11(13)16/h2-7H,1H3,(H,18,19). The molecule has 0 aliphatic rings. The first kappa shape index (κ1) is 13.8.